The Morgan fingerprint density at radius 2 is 2.16 bits per heavy atom. The van der Waals surface area contributed by atoms with E-state index in [1.807, 2.05) is 6.07 Å². The van der Waals surface area contributed by atoms with Crippen molar-refractivity contribution in [3.8, 4) is 0 Å². The lowest BCUT2D eigenvalue weighted by molar-refractivity contribution is 0.625. The molecule has 0 amide bonds. The summed E-state index contributed by atoms with van der Waals surface area (Å²) in [7, 11) is 0. The number of aryl methyl sites for hydroxylation is 1. The molecular weight excluding hydrogens is 267 g/mol. The van der Waals surface area contributed by atoms with Crippen LogP contribution in [-0.4, -0.2) is 16.5 Å². The molecule has 2 aromatic rings. The number of hydrogen-bond donors (Lipinski definition) is 2. The van der Waals surface area contributed by atoms with Gasteiger partial charge in [0.15, 0.2) is 5.82 Å². The Bertz CT molecular complexity index is 589. The predicted octanol–water partition coefficient (Wildman–Crippen LogP) is 2.81. The van der Waals surface area contributed by atoms with E-state index in [-0.39, 0.29) is 11.1 Å². The van der Waals surface area contributed by atoms with E-state index < -0.39 is 0 Å². The normalized spacial score (nSPS) is 10.5. The van der Waals surface area contributed by atoms with E-state index in [9.17, 15) is 4.39 Å². The molecule has 0 spiro atoms. The molecule has 1 heterocycles. The van der Waals surface area contributed by atoms with Crippen LogP contribution in [0.1, 0.15) is 11.3 Å². The Hall–Kier alpha value is -1.88. The molecule has 1 aromatic heterocycles. The minimum Gasteiger partial charge on any atom is -0.394 e. The highest BCUT2D eigenvalue weighted by molar-refractivity contribution is 6.28. The number of benzene rings is 1. The van der Waals surface area contributed by atoms with Crippen LogP contribution in [0, 0.1) is 12.7 Å². The molecule has 4 nitrogen and oxygen atoms in total. The van der Waals surface area contributed by atoms with Crippen LogP contribution in [0.15, 0.2) is 24.3 Å². The average Bonchev–Trinajstić information content (AvgIpc) is 2.35. The third-order valence-corrected chi connectivity index (χ3v) is 2.87. The van der Waals surface area contributed by atoms with Crippen molar-refractivity contribution in [1.29, 1.82) is 0 Å². The first kappa shape index (κ1) is 13.5. The molecule has 19 heavy (non-hydrogen) atoms. The van der Waals surface area contributed by atoms with Crippen molar-refractivity contribution in [2.45, 2.75) is 13.3 Å². The van der Waals surface area contributed by atoms with Crippen LogP contribution in [0.5, 0.6) is 0 Å². The molecular formula is C13H14ClFN4. The fraction of sp³-hybridized carbons (Fsp3) is 0.231. The van der Waals surface area contributed by atoms with Crippen molar-refractivity contribution in [3.05, 3.63) is 46.6 Å². The summed E-state index contributed by atoms with van der Waals surface area (Å²) in [6.45, 7) is 2.35. The van der Waals surface area contributed by atoms with E-state index in [4.69, 9.17) is 17.3 Å². The number of halogens is 2. The summed E-state index contributed by atoms with van der Waals surface area (Å²) in [5.74, 6) is 0.270. The first-order chi connectivity index (χ1) is 9.06. The minimum atomic E-state index is -0.238. The van der Waals surface area contributed by atoms with Gasteiger partial charge in [0, 0.05) is 6.54 Å². The maximum atomic E-state index is 13.0. The van der Waals surface area contributed by atoms with Crippen LogP contribution in [0.3, 0.4) is 0 Å². The molecule has 0 saturated heterocycles. The molecule has 100 valence electrons. The van der Waals surface area contributed by atoms with E-state index >= 15 is 0 Å². The Morgan fingerprint density at radius 3 is 2.89 bits per heavy atom. The Morgan fingerprint density at radius 1 is 1.37 bits per heavy atom. The molecule has 1 aromatic carbocycles. The van der Waals surface area contributed by atoms with E-state index in [0.29, 0.717) is 30.2 Å². The van der Waals surface area contributed by atoms with Gasteiger partial charge in [0.25, 0.3) is 0 Å². The smallest absolute Gasteiger partial charge is 0.224 e. The molecule has 0 radical (unpaired) electrons. The topological polar surface area (TPSA) is 63.8 Å². The Labute approximate surface area is 115 Å². The van der Waals surface area contributed by atoms with Gasteiger partial charge >= 0.3 is 0 Å². The van der Waals surface area contributed by atoms with E-state index in [1.54, 1.807) is 13.0 Å². The lowest BCUT2D eigenvalue weighted by Gasteiger charge is -2.10. The zero-order valence-electron chi connectivity index (χ0n) is 10.5. The first-order valence-corrected chi connectivity index (χ1v) is 6.22. The van der Waals surface area contributed by atoms with Gasteiger partial charge < -0.3 is 11.1 Å². The predicted molar refractivity (Wildman–Crippen MR) is 74.8 cm³/mol. The molecule has 0 aliphatic heterocycles. The Balaban J connectivity index is 2.00. The maximum Gasteiger partial charge on any atom is 0.224 e. The molecule has 0 aliphatic carbocycles. The van der Waals surface area contributed by atoms with Gasteiger partial charge in [-0.25, -0.2) is 9.37 Å². The summed E-state index contributed by atoms with van der Waals surface area (Å²) < 4.78 is 13.0. The first-order valence-electron chi connectivity index (χ1n) is 5.84. The van der Waals surface area contributed by atoms with Crippen molar-refractivity contribution >= 4 is 23.1 Å². The lowest BCUT2D eigenvalue weighted by Crippen LogP contribution is -2.10. The van der Waals surface area contributed by atoms with Gasteiger partial charge in [-0.15, -0.1) is 0 Å². The largest absolute Gasteiger partial charge is 0.394 e. The lowest BCUT2D eigenvalue weighted by atomic mass is 10.1. The molecule has 0 aliphatic rings. The fourth-order valence-electron chi connectivity index (χ4n) is 1.70. The van der Waals surface area contributed by atoms with Crippen molar-refractivity contribution in [2.75, 3.05) is 17.6 Å². The van der Waals surface area contributed by atoms with E-state index in [0.717, 1.165) is 5.56 Å². The summed E-state index contributed by atoms with van der Waals surface area (Å²) in [6.07, 6.45) is 0.665. The molecule has 0 bridgehead atoms. The molecule has 0 fully saturated rings. The SMILES string of the molecule is Cc1nc(Cl)nc(NCCc2cccc(F)c2)c1N. The third kappa shape index (κ3) is 3.54. The van der Waals surface area contributed by atoms with Crippen LogP contribution in [0.2, 0.25) is 5.28 Å². The minimum absolute atomic E-state index is 0.153. The quantitative estimate of drug-likeness (QED) is 0.846. The van der Waals surface area contributed by atoms with Crippen molar-refractivity contribution in [3.63, 3.8) is 0 Å². The van der Waals surface area contributed by atoms with Crippen molar-refractivity contribution < 1.29 is 4.39 Å². The van der Waals surface area contributed by atoms with E-state index in [1.165, 1.54) is 12.1 Å². The number of anilines is 2. The van der Waals surface area contributed by atoms with Crippen LogP contribution < -0.4 is 11.1 Å². The number of nitrogens with two attached hydrogens (primary N) is 1. The zero-order valence-corrected chi connectivity index (χ0v) is 11.2. The summed E-state index contributed by atoms with van der Waals surface area (Å²) in [5.41, 5.74) is 7.86. The summed E-state index contributed by atoms with van der Waals surface area (Å²) in [4.78, 5) is 7.98. The fourth-order valence-corrected chi connectivity index (χ4v) is 1.91. The molecule has 0 unspecified atom stereocenters. The highest BCUT2D eigenvalue weighted by atomic mass is 35.5. The van der Waals surface area contributed by atoms with Crippen LogP contribution in [0.4, 0.5) is 15.9 Å². The number of nitrogens with one attached hydrogen (secondary N) is 1. The molecule has 6 heteroatoms. The summed E-state index contributed by atoms with van der Waals surface area (Å²) in [5, 5.41) is 3.23. The molecule has 2 rings (SSSR count). The van der Waals surface area contributed by atoms with Crippen molar-refractivity contribution in [1.82, 2.24) is 9.97 Å². The van der Waals surface area contributed by atoms with Crippen molar-refractivity contribution in [2.24, 2.45) is 0 Å². The second-order valence-electron chi connectivity index (χ2n) is 4.15. The standard InChI is InChI=1S/C13H14ClFN4/c1-8-11(16)12(19-13(14)18-8)17-6-5-9-3-2-4-10(15)7-9/h2-4,7H,5-6,16H2,1H3,(H,17,18,19). The highest BCUT2D eigenvalue weighted by Gasteiger charge is 2.07. The van der Waals surface area contributed by atoms with E-state index in [2.05, 4.69) is 15.3 Å². The second kappa shape index (κ2) is 5.84. The van der Waals surface area contributed by atoms with Gasteiger partial charge in [-0.2, -0.15) is 4.98 Å². The van der Waals surface area contributed by atoms with Crippen LogP contribution >= 0.6 is 11.6 Å². The zero-order chi connectivity index (χ0) is 13.8. The summed E-state index contributed by atoms with van der Waals surface area (Å²) in [6, 6.07) is 6.47. The number of aromatic nitrogens is 2. The molecule has 0 atom stereocenters. The van der Waals surface area contributed by atoms with Gasteiger partial charge in [0.2, 0.25) is 5.28 Å². The number of rotatable bonds is 4. The molecule has 0 saturated carbocycles. The third-order valence-electron chi connectivity index (χ3n) is 2.70. The number of nitrogen functional groups attached to an aromatic ring is 1. The van der Waals surface area contributed by atoms with Crippen LogP contribution in [0.25, 0.3) is 0 Å². The monoisotopic (exact) mass is 280 g/mol. The van der Waals surface area contributed by atoms with Gasteiger partial charge in [0.05, 0.1) is 11.4 Å². The van der Waals surface area contributed by atoms with Gasteiger partial charge in [0.1, 0.15) is 5.82 Å². The van der Waals surface area contributed by atoms with Gasteiger partial charge in [-0.3, -0.25) is 0 Å². The van der Waals surface area contributed by atoms with Crippen LogP contribution in [-0.2, 0) is 6.42 Å². The number of hydrogen-bond acceptors (Lipinski definition) is 4. The highest BCUT2D eigenvalue weighted by Crippen LogP contribution is 2.20. The van der Waals surface area contributed by atoms with Gasteiger partial charge in [-0.05, 0) is 42.6 Å². The second-order valence-corrected chi connectivity index (χ2v) is 4.49. The number of nitrogens with zero attached hydrogens (tertiary/aromatic N) is 2. The molecule has 3 N–H and O–H groups in total. The summed E-state index contributed by atoms with van der Waals surface area (Å²) >= 11 is 5.77. The van der Waals surface area contributed by atoms with Gasteiger partial charge in [-0.1, -0.05) is 12.1 Å². The Kier molecular flexibility index (Phi) is 4.16. The maximum absolute atomic E-state index is 13.0. The average molecular weight is 281 g/mol.